The van der Waals surface area contributed by atoms with Crippen LogP contribution in [0.4, 0.5) is 10.1 Å². The summed E-state index contributed by atoms with van der Waals surface area (Å²) in [5.41, 5.74) is 1.02. The Balaban J connectivity index is 1.30. The van der Waals surface area contributed by atoms with E-state index in [1.165, 1.54) is 44.7 Å². The lowest BCUT2D eigenvalue weighted by Gasteiger charge is -2.35. The maximum Gasteiger partial charge on any atom is 0.249 e. The number of nitrogens with one attached hydrogen (secondary N) is 2. The van der Waals surface area contributed by atoms with Crippen LogP contribution in [0, 0.1) is 11.7 Å². The largest absolute Gasteiger partial charge is 0.372 e. The van der Waals surface area contributed by atoms with Gasteiger partial charge in [0.1, 0.15) is 11.9 Å². The average molecular weight is 403 g/mol. The number of nitrogens with zero attached hydrogens (tertiary/aromatic N) is 2. The molecule has 1 aromatic heterocycles. The number of imide groups is 1. The predicted octanol–water partition coefficient (Wildman–Crippen LogP) is 3.20. The maximum atomic E-state index is 14.7. The van der Waals surface area contributed by atoms with E-state index in [0.29, 0.717) is 17.8 Å². The molecule has 7 heteroatoms. The number of hydrogen-bond donors (Lipinski definition) is 2. The summed E-state index contributed by atoms with van der Waals surface area (Å²) >= 11 is 0. The molecule has 0 radical (unpaired) electrons. The van der Waals surface area contributed by atoms with E-state index < -0.39 is 6.04 Å². The smallest absolute Gasteiger partial charge is 0.249 e. The van der Waals surface area contributed by atoms with Crippen LogP contribution >= 0.6 is 0 Å². The zero-order valence-corrected chi connectivity index (χ0v) is 17.0. The highest BCUT2D eigenvalue weighted by Crippen LogP contribution is 2.31. The van der Waals surface area contributed by atoms with Gasteiger partial charge in [-0.1, -0.05) is 19.3 Å². The Hall–Kier alpha value is -2.02. The Labute approximate surface area is 171 Å². The van der Waals surface area contributed by atoms with Gasteiger partial charge in [-0.2, -0.15) is 0 Å². The van der Waals surface area contributed by atoms with Gasteiger partial charge in [0.2, 0.25) is 11.8 Å². The van der Waals surface area contributed by atoms with Crippen molar-refractivity contribution in [3.05, 3.63) is 23.8 Å². The average Bonchev–Trinajstić information content (AvgIpc) is 2.72. The van der Waals surface area contributed by atoms with E-state index in [-0.39, 0.29) is 30.0 Å². The summed E-state index contributed by atoms with van der Waals surface area (Å²) in [6, 6.07) is 0.906. The van der Waals surface area contributed by atoms with Crippen molar-refractivity contribution >= 4 is 17.5 Å². The summed E-state index contributed by atoms with van der Waals surface area (Å²) in [6.07, 6.45) is 11.0. The molecule has 29 heavy (non-hydrogen) atoms. The molecule has 1 saturated carbocycles. The lowest BCUT2D eigenvalue weighted by atomic mass is 9.87. The Bertz CT molecular complexity index is 742. The number of anilines is 1. The fourth-order valence-corrected chi connectivity index (χ4v) is 4.98. The molecular formula is C22H31FN4O2. The van der Waals surface area contributed by atoms with Crippen molar-refractivity contribution < 1.29 is 14.0 Å². The van der Waals surface area contributed by atoms with Crippen LogP contribution in [0.5, 0.6) is 0 Å². The third-order valence-corrected chi connectivity index (χ3v) is 6.67. The van der Waals surface area contributed by atoms with E-state index in [4.69, 9.17) is 0 Å². The molecule has 1 aliphatic carbocycles. The second-order valence-electron chi connectivity index (χ2n) is 8.82. The minimum absolute atomic E-state index is 0.155. The van der Waals surface area contributed by atoms with Crippen LogP contribution < -0.4 is 10.6 Å². The number of carbonyl (C=O) groups excluding carboxylic acids is 2. The van der Waals surface area contributed by atoms with Gasteiger partial charge < -0.3 is 10.2 Å². The molecule has 1 unspecified atom stereocenters. The summed E-state index contributed by atoms with van der Waals surface area (Å²) in [6.45, 7) is 3.22. The van der Waals surface area contributed by atoms with Gasteiger partial charge in [-0.25, -0.2) is 4.39 Å². The molecule has 0 bridgehead atoms. The quantitative estimate of drug-likeness (QED) is 0.740. The monoisotopic (exact) mass is 402 g/mol. The molecule has 1 atom stereocenters. The molecular weight excluding hydrogens is 371 g/mol. The number of carbonyl (C=O) groups is 2. The lowest BCUT2D eigenvalue weighted by Crippen LogP contribution is -2.47. The van der Waals surface area contributed by atoms with Crippen LogP contribution in [-0.4, -0.2) is 47.4 Å². The molecule has 2 saturated heterocycles. The first-order valence-corrected chi connectivity index (χ1v) is 11.1. The van der Waals surface area contributed by atoms with Crippen molar-refractivity contribution in [2.75, 3.05) is 25.0 Å². The highest BCUT2D eigenvalue weighted by molar-refractivity contribution is 6.01. The van der Waals surface area contributed by atoms with Crippen molar-refractivity contribution in [3.63, 3.8) is 0 Å². The van der Waals surface area contributed by atoms with Gasteiger partial charge in [-0.15, -0.1) is 0 Å². The van der Waals surface area contributed by atoms with Crippen molar-refractivity contribution in [2.45, 2.75) is 69.7 Å². The molecule has 0 spiro atoms. The maximum absolute atomic E-state index is 14.7. The van der Waals surface area contributed by atoms with Gasteiger partial charge in [0.15, 0.2) is 0 Å². The molecule has 158 valence electrons. The number of piperidine rings is 2. The number of hydrogen-bond acceptors (Lipinski definition) is 5. The third kappa shape index (κ3) is 5.13. The first-order chi connectivity index (χ1) is 14.1. The van der Waals surface area contributed by atoms with Gasteiger partial charge in [0.25, 0.3) is 0 Å². The Morgan fingerprint density at radius 3 is 2.55 bits per heavy atom. The van der Waals surface area contributed by atoms with Gasteiger partial charge in [0.05, 0.1) is 17.6 Å². The Morgan fingerprint density at radius 2 is 1.86 bits per heavy atom. The molecule has 2 aliphatic heterocycles. The summed E-state index contributed by atoms with van der Waals surface area (Å²) < 4.78 is 14.7. The first kappa shape index (κ1) is 20.3. The molecule has 6 nitrogen and oxygen atoms in total. The van der Waals surface area contributed by atoms with Crippen LogP contribution in [0.25, 0.3) is 0 Å². The number of aromatic nitrogens is 1. The summed E-state index contributed by atoms with van der Waals surface area (Å²) in [4.78, 5) is 30.1. The minimum atomic E-state index is -0.525. The fraction of sp³-hybridized carbons (Fsp3) is 0.682. The molecule has 2 N–H and O–H groups in total. The zero-order chi connectivity index (χ0) is 20.2. The second-order valence-corrected chi connectivity index (χ2v) is 8.82. The normalized spacial score (nSPS) is 25.1. The van der Waals surface area contributed by atoms with Gasteiger partial charge in [-0.3, -0.25) is 19.9 Å². The van der Waals surface area contributed by atoms with Crippen LogP contribution in [0.15, 0.2) is 12.3 Å². The highest BCUT2D eigenvalue weighted by atomic mass is 19.1. The van der Waals surface area contributed by atoms with E-state index in [1.807, 2.05) is 0 Å². The molecule has 1 aromatic rings. The SMILES string of the molecule is O=C1CCC(Nc2cnc(C3CCN(CC4CCCCC4)CC3)c(F)c2)C(=O)N1. The van der Waals surface area contributed by atoms with Gasteiger partial charge in [-0.05, 0) is 51.1 Å². The van der Waals surface area contributed by atoms with Crippen molar-refractivity contribution in [1.82, 2.24) is 15.2 Å². The van der Waals surface area contributed by atoms with E-state index in [1.54, 1.807) is 6.20 Å². The predicted molar refractivity (Wildman–Crippen MR) is 109 cm³/mol. The van der Waals surface area contributed by atoms with Crippen LogP contribution in [-0.2, 0) is 9.59 Å². The Morgan fingerprint density at radius 1 is 1.10 bits per heavy atom. The number of amides is 2. The second kappa shape index (κ2) is 9.20. The molecule has 0 aromatic carbocycles. The van der Waals surface area contributed by atoms with Crippen LogP contribution in [0.2, 0.25) is 0 Å². The minimum Gasteiger partial charge on any atom is -0.372 e. The molecule has 3 fully saturated rings. The van der Waals surface area contributed by atoms with E-state index in [9.17, 15) is 14.0 Å². The third-order valence-electron chi connectivity index (χ3n) is 6.67. The van der Waals surface area contributed by atoms with Gasteiger partial charge in [0, 0.05) is 24.9 Å². The van der Waals surface area contributed by atoms with Crippen molar-refractivity contribution in [2.24, 2.45) is 5.92 Å². The highest BCUT2D eigenvalue weighted by Gasteiger charge is 2.28. The summed E-state index contributed by atoms with van der Waals surface area (Å²) in [5.74, 6) is 0.0571. The summed E-state index contributed by atoms with van der Waals surface area (Å²) in [5, 5.41) is 5.30. The molecule has 3 heterocycles. The fourth-order valence-electron chi connectivity index (χ4n) is 4.98. The number of pyridine rings is 1. The lowest BCUT2D eigenvalue weighted by molar-refractivity contribution is -0.133. The van der Waals surface area contributed by atoms with E-state index in [2.05, 4.69) is 20.5 Å². The first-order valence-electron chi connectivity index (χ1n) is 11.1. The summed E-state index contributed by atoms with van der Waals surface area (Å²) in [7, 11) is 0. The molecule has 4 rings (SSSR count). The van der Waals surface area contributed by atoms with Crippen LogP contribution in [0.3, 0.4) is 0 Å². The standard InChI is InChI=1S/C22H31FN4O2/c23-18-12-17(25-19-6-7-20(28)26-22(19)29)13-24-21(18)16-8-10-27(11-9-16)14-15-4-2-1-3-5-15/h12-13,15-16,19,25H,1-11,14H2,(H,26,28,29). The molecule has 2 amide bonds. The van der Waals surface area contributed by atoms with Crippen molar-refractivity contribution in [3.8, 4) is 0 Å². The Kier molecular flexibility index (Phi) is 6.43. The zero-order valence-electron chi connectivity index (χ0n) is 17.0. The molecule has 3 aliphatic rings. The van der Waals surface area contributed by atoms with E-state index in [0.717, 1.165) is 31.8 Å². The topological polar surface area (TPSA) is 74.3 Å². The van der Waals surface area contributed by atoms with Gasteiger partial charge >= 0.3 is 0 Å². The van der Waals surface area contributed by atoms with E-state index >= 15 is 0 Å². The number of likely N-dealkylation sites (tertiary alicyclic amines) is 1. The number of halogens is 1. The number of rotatable bonds is 5. The van der Waals surface area contributed by atoms with Crippen LogP contribution in [0.1, 0.15) is 69.4 Å². The van der Waals surface area contributed by atoms with Crippen molar-refractivity contribution in [1.29, 1.82) is 0 Å².